The minimum atomic E-state index is -0.497. The number of nitrogens with zero attached hydrogens (tertiary/aromatic N) is 1. The Hall–Kier alpha value is 1.16. The van der Waals surface area contributed by atoms with E-state index < -0.39 is 6.09 Å². The van der Waals surface area contributed by atoms with Crippen LogP contribution in [0, 0.1) is 0 Å². The number of rotatable bonds is 10. The molecule has 0 aromatic heterocycles. The van der Waals surface area contributed by atoms with Crippen LogP contribution in [-0.2, 0) is 20.7 Å². The van der Waals surface area contributed by atoms with Crippen molar-refractivity contribution >= 4 is 49.7 Å². The van der Waals surface area contributed by atoms with E-state index in [-0.39, 0.29) is 16.5 Å². The van der Waals surface area contributed by atoms with Gasteiger partial charge in [-0.2, -0.15) is 11.0 Å². The van der Waals surface area contributed by atoms with Gasteiger partial charge in [-0.25, -0.2) is 0 Å². The SMILES string of the molecule is CCCCSS[N-]C(=O)OSSCCCC.[Ni]. The van der Waals surface area contributed by atoms with Crippen LogP contribution in [0.5, 0.6) is 0 Å². The van der Waals surface area contributed by atoms with Gasteiger partial charge in [0.15, 0.2) is 0 Å². The largest absolute Gasteiger partial charge is 0.554 e. The van der Waals surface area contributed by atoms with Gasteiger partial charge in [-0.1, -0.05) is 37.5 Å². The third-order valence-corrected chi connectivity index (χ3v) is 5.06. The number of hydrogen-bond donors (Lipinski definition) is 0. The summed E-state index contributed by atoms with van der Waals surface area (Å²) in [6.07, 6.45) is 4.14. The second-order valence-corrected chi connectivity index (χ2v) is 7.13. The van der Waals surface area contributed by atoms with E-state index in [2.05, 4.69) is 18.6 Å². The van der Waals surface area contributed by atoms with Crippen LogP contribution in [0.4, 0.5) is 4.79 Å². The van der Waals surface area contributed by atoms with Crippen LogP contribution in [0.3, 0.4) is 0 Å². The van der Waals surface area contributed by atoms with Gasteiger partial charge in [0.1, 0.15) is 11.1 Å². The van der Waals surface area contributed by atoms with Crippen molar-refractivity contribution in [2.24, 2.45) is 0 Å². The smallest absolute Gasteiger partial charge is 0.253 e. The molecule has 0 aromatic rings. The van der Waals surface area contributed by atoms with Crippen LogP contribution < -0.4 is 0 Å². The molecule has 8 heteroatoms. The van der Waals surface area contributed by atoms with Gasteiger partial charge >= 0.3 is 0 Å². The van der Waals surface area contributed by atoms with E-state index >= 15 is 0 Å². The Labute approximate surface area is 130 Å². The van der Waals surface area contributed by atoms with Crippen molar-refractivity contribution in [2.75, 3.05) is 11.5 Å². The molecule has 0 fully saturated rings. The van der Waals surface area contributed by atoms with E-state index in [1.165, 1.54) is 17.4 Å². The van der Waals surface area contributed by atoms with Gasteiger partial charge in [0.05, 0.1) is 0 Å². The molecule has 0 saturated heterocycles. The van der Waals surface area contributed by atoms with Gasteiger partial charge in [-0.3, -0.25) is 4.79 Å². The molecule has 0 aliphatic rings. The molecule has 0 bridgehead atoms. The standard InChI is InChI=1S/C9H19NO2S4.Ni/c1-3-5-7-13-15-10-9(11)12-16-14-8-6-4-2;/h3-8H2,1-2H3,(H,10,11);/p-1. The second kappa shape index (κ2) is 17.2. The number of carbonyl (C=O) groups is 1. The number of unbranched alkanes of at least 4 members (excludes halogenated alkanes) is 2. The molecule has 17 heavy (non-hydrogen) atoms. The molecule has 0 radical (unpaired) electrons. The first-order valence-electron chi connectivity index (χ1n) is 5.31. The summed E-state index contributed by atoms with van der Waals surface area (Å²) in [5.74, 6) is 2.03. The molecular formula is C9H18NNiO2S4-. The van der Waals surface area contributed by atoms with E-state index in [1.807, 2.05) is 0 Å². The minimum Gasteiger partial charge on any atom is -0.554 e. The first-order valence-corrected chi connectivity index (χ1v) is 9.83. The predicted octanol–water partition coefficient (Wildman–Crippen LogP) is 5.69. The Morgan fingerprint density at radius 1 is 1.12 bits per heavy atom. The molecule has 1 amide bonds. The molecule has 0 aliphatic carbocycles. The molecular weight excluding hydrogens is 341 g/mol. The van der Waals surface area contributed by atoms with Gasteiger partial charge in [0.25, 0.3) is 6.09 Å². The summed E-state index contributed by atoms with van der Waals surface area (Å²) in [4.78, 5) is 11.1. The Bertz CT molecular complexity index is 161. The van der Waals surface area contributed by atoms with Gasteiger partial charge in [0, 0.05) is 28.0 Å². The number of hydrogen-bond acceptors (Lipinski definition) is 6. The van der Waals surface area contributed by atoms with E-state index in [0.717, 1.165) is 41.8 Å². The maximum absolute atomic E-state index is 11.1. The molecule has 0 aliphatic heterocycles. The van der Waals surface area contributed by atoms with Crippen molar-refractivity contribution < 1.29 is 25.5 Å². The Balaban J connectivity index is 0. The fourth-order valence-electron chi connectivity index (χ4n) is 0.603. The zero-order chi connectivity index (χ0) is 12.1. The zero-order valence-electron chi connectivity index (χ0n) is 9.96. The molecule has 0 saturated carbocycles. The van der Waals surface area contributed by atoms with E-state index in [4.69, 9.17) is 4.18 Å². The van der Waals surface area contributed by atoms with E-state index in [9.17, 15) is 4.79 Å². The average molecular weight is 359 g/mol. The number of carbonyl (C=O) groups excluding carboxylic acids is 1. The van der Waals surface area contributed by atoms with Crippen LogP contribution in [0.2, 0.25) is 0 Å². The molecule has 0 heterocycles. The van der Waals surface area contributed by atoms with Crippen molar-refractivity contribution in [1.29, 1.82) is 0 Å². The molecule has 3 nitrogen and oxygen atoms in total. The van der Waals surface area contributed by atoms with Crippen molar-refractivity contribution in [3.8, 4) is 0 Å². The van der Waals surface area contributed by atoms with Gasteiger partial charge in [-0.15, -0.1) is 10.8 Å². The van der Waals surface area contributed by atoms with Gasteiger partial charge < -0.3 is 8.91 Å². The maximum atomic E-state index is 11.1. The Morgan fingerprint density at radius 3 is 2.29 bits per heavy atom. The van der Waals surface area contributed by atoms with Crippen molar-refractivity contribution in [1.82, 2.24) is 0 Å². The summed E-state index contributed by atoms with van der Waals surface area (Å²) in [7, 11) is 4.35. The summed E-state index contributed by atoms with van der Waals surface area (Å²) in [5, 5.41) is 0. The zero-order valence-corrected chi connectivity index (χ0v) is 14.2. The van der Waals surface area contributed by atoms with Crippen LogP contribution in [0.1, 0.15) is 39.5 Å². The summed E-state index contributed by atoms with van der Waals surface area (Å²) in [6, 6.07) is 0. The predicted molar refractivity (Wildman–Crippen MR) is 79.8 cm³/mol. The first kappa shape index (κ1) is 20.5. The third kappa shape index (κ3) is 17.2. The minimum absolute atomic E-state index is 0. The van der Waals surface area contributed by atoms with Crippen LogP contribution >= 0.6 is 43.6 Å². The average Bonchev–Trinajstić information content (AvgIpc) is 2.28. The normalized spacial score (nSPS) is 9.53. The summed E-state index contributed by atoms with van der Waals surface area (Å²) in [5.41, 5.74) is 0. The molecule has 0 atom stereocenters. The first-order chi connectivity index (χ1) is 7.81. The molecule has 0 aromatic carbocycles. The third-order valence-electron chi connectivity index (χ3n) is 1.48. The van der Waals surface area contributed by atoms with Crippen LogP contribution in [0.25, 0.3) is 4.72 Å². The van der Waals surface area contributed by atoms with Crippen molar-refractivity contribution in [3.05, 3.63) is 4.72 Å². The summed E-state index contributed by atoms with van der Waals surface area (Å²) >= 11 is 1.12. The van der Waals surface area contributed by atoms with Gasteiger partial charge in [-0.05, 0) is 12.8 Å². The molecule has 0 N–H and O–H groups in total. The molecule has 0 unspecified atom stereocenters. The second-order valence-electron chi connectivity index (χ2n) is 2.93. The molecule has 106 valence electrons. The van der Waals surface area contributed by atoms with E-state index in [0.29, 0.717) is 0 Å². The fraction of sp³-hybridized carbons (Fsp3) is 0.889. The maximum Gasteiger partial charge on any atom is 0.253 e. The summed E-state index contributed by atoms with van der Waals surface area (Å²) in [6.45, 7) is 4.28. The summed E-state index contributed by atoms with van der Waals surface area (Å²) < 4.78 is 8.53. The van der Waals surface area contributed by atoms with Crippen molar-refractivity contribution in [3.63, 3.8) is 0 Å². The Morgan fingerprint density at radius 2 is 1.71 bits per heavy atom. The molecule has 0 spiro atoms. The van der Waals surface area contributed by atoms with Crippen LogP contribution in [0.15, 0.2) is 0 Å². The fourth-order valence-corrected chi connectivity index (χ4v) is 3.69. The topological polar surface area (TPSA) is 40.4 Å². The van der Waals surface area contributed by atoms with E-state index in [1.54, 1.807) is 21.6 Å². The van der Waals surface area contributed by atoms with Crippen LogP contribution in [-0.4, -0.2) is 17.6 Å². The van der Waals surface area contributed by atoms with Gasteiger partial charge in [0.2, 0.25) is 0 Å². The molecule has 0 rings (SSSR count). The monoisotopic (exact) mass is 358 g/mol. The van der Waals surface area contributed by atoms with Crippen molar-refractivity contribution in [2.45, 2.75) is 39.5 Å². The number of amides is 1. The quantitative estimate of drug-likeness (QED) is 0.164. The Kier molecular flexibility index (Phi) is 20.7.